The fraction of sp³-hybridized carbons (Fsp3) is 0.611. The van der Waals surface area contributed by atoms with Crippen LogP contribution in [0.3, 0.4) is 0 Å². The van der Waals surface area contributed by atoms with Crippen LogP contribution in [-0.4, -0.2) is 36.7 Å². The first kappa shape index (κ1) is 15.7. The van der Waals surface area contributed by atoms with Crippen molar-refractivity contribution in [2.75, 3.05) is 14.2 Å². The standard InChI is InChI=1S/C18H22O6/c1-4-5-6-18-15-11-8-13(22-3)12(21-2)7-10(11)14(23-18)9-17(15,20)16(19)24-18/h7-8,14-15,20H,4-6,9H2,1-3H3/t14-,15-,17-,18+/m1/s1. The van der Waals surface area contributed by atoms with Crippen LogP contribution in [0.1, 0.15) is 55.8 Å². The van der Waals surface area contributed by atoms with Crippen molar-refractivity contribution in [3.8, 4) is 11.5 Å². The Hall–Kier alpha value is -1.79. The van der Waals surface area contributed by atoms with Gasteiger partial charge in [0, 0.05) is 12.8 Å². The molecule has 4 aliphatic rings. The number of unbranched alkanes of at least 4 members (excludes halogenated alkanes) is 1. The number of esters is 1. The van der Waals surface area contributed by atoms with E-state index in [0.717, 1.165) is 24.0 Å². The van der Waals surface area contributed by atoms with Crippen molar-refractivity contribution in [1.82, 2.24) is 0 Å². The molecule has 1 aliphatic carbocycles. The predicted octanol–water partition coefficient (Wildman–Crippen LogP) is 2.44. The van der Waals surface area contributed by atoms with Crippen molar-refractivity contribution in [2.24, 2.45) is 0 Å². The Morgan fingerprint density at radius 2 is 1.92 bits per heavy atom. The van der Waals surface area contributed by atoms with E-state index in [2.05, 4.69) is 6.92 Å². The normalized spacial score (nSPS) is 35.6. The van der Waals surface area contributed by atoms with E-state index in [1.165, 1.54) is 0 Å². The van der Waals surface area contributed by atoms with E-state index >= 15 is 0 Å². The molecule has 2 saturated heterocycles. The summed E-state index contributed by atoms with van der Waals surface area (Å²) < 4.78 is 22.6. The molecule has 6 nitrogen and oxygen atoms in total. The Kier molecular flexibility index (Phi) is 3.34. The largest absolute Gasteiger partial charge is 0.493 e. The van der Waals surface area contributed by atoms with Crippen molar-refractivity contribution in [1.29, 1.82) is 0 Å². The molecule has 24 heavy (non-hydrogen) atoms. The quantitative estimate of drug-likeness (QED) is 0.834. The highest BCUT2D eigenvalue weighted by atomic mass is 16.7. The highest BCUT2D eigenvalue weighted by Gasteiger charge is 2.73. The maximum Gasteiger partial charge on any atom is 0.341 e. The number of hydrogen-bond acceptors (Lipinski definition) is 6. The Labute approximate surface area is 140 Å². The molecule has 0 aromatic heterocycles. The number of benzene rings is 1. The van der Waals surface area contributed by atoms with Crippen LogP contribution < -0.4 is 9.47 Å². The lowest BCUT2D eigenvalue weighted by molar-refractivity contribution is -0.271. The van der Waals surface area contributed by atoms with Crippen LogP contribution in [0.15, 0.2) is 12.1 Å². The third kappa shape index (κ3) is 1.81. The zero-order valence-corrected chi connectivity index (χ0v) is 14.1. The first-order valence-electron chi connectivity index (χ1n) is 8.38. The minimum absolute atomic E-state index is 0.215. The maximum absolute atomic E-state index is 12.4. The zero-order chi connectivity index (χ0) is 17.1. The number of hydrogen-bond donors (Lipinski definition) is 1. The van der Waals surface area contributed by atoms with Crippen molar-refractivity contribution in [2.45, 2.75) is 56.0 Å². The lowest BCUT2D eigenvalue weighted by atomic mass is 9.65. The van der Waals surface area contributed by atoms with Crippen molar-refractivity contribution >= 4 is 5.97 Å². The highest BCUT2D eigenvalue weighted by molar-refractivity contribution is 5.86. The summed E-state index contributed by atoms with van der Waals surface area (Å²) in [7, 11) is 3.15. The van der Waals surface area contributed by atoms with Crippen LogP contribution in [-0.2, 0) is 14.3 Å². The van der Waals surface area contributed by atoms with Gasteiger partial charge in [-0.1, -0.05) is 13.3 Å². The van der Waals surface area contributed by atoms with E-state index in [-0.39, 0.29) is 6.42 Å². The summed E-state index contributed by atoms with van der Waals surface area (Å²) >= 11 is 0. The second kappa shape index (κ2) is 5.10. The van der Waals surface area contributed by atoms with Gasteiger partial charge in [-0.05, 0) is 29.7 Å². The topological polar surface area (TPSA) is 74.2 Å². The van der Waals surface area contributed by atoms with E-state index in [1.54, 1.807) is 14.2 Å². The molecule has 4 atom stereocenters. The van der Waals surface area contributed by atoms with Gasteiger partial charge in [0.15, 0.2) is 17.1 Å². The zero-order valence-electron chi connectivity index (χ0n) is 14.1. The average molecular weight is 334 g/mol. The van der Waals surface area contributed by atoms with Gasteiger partial charge in [-0.3, -0.25) is 0 Å². The van der Waals surface area contributed by atoms with Crippen LogP contribution in [0.5, 0.6) is 11.5 Å². The highest BCUT2D eigenvalue weighted by Crippen LogP contribution is 2.65. The molecular weight excluding hydrogens is 312 g/mol. The van der Waals surface area contributed by atoms with Crippen molar-refractivity contribution in [3.05, 3.63) is 23.3 Å². The number of carbonyl (C=O) groups is 1. The molecule has 1 aromatic carbocycles. The second-order valence-electron chi connectivity index (χ2n) is 6.81. The molecule has 1 N–H and O–H groups in total. The lowest BCUT2D eigenvalue weighted by Crippen LogP contribution is -2.55. The number of ether oxygens (including phenoxy) is 4. The van der Waals surface area contributed by atoms with Crippen molar-refractivity contribution in [3.63, 3.8) is 0 Å². The monoisotopic (exact) mass is 334 g/mol. The van der Waals surface area contributed by atoms with Gasteiger partial charge in [-0.25, -0.2) is 4.79 Å². The fourth-order valence-electron chi connectivity index (χ4n) is 4.43. The molecule has 0 radical (unpaired) electrons. The average Bonchev–Trinajstić information content (AvgIpc) is 2.73. The summed E-state index contributed by atoms with van der Waals surface area (Å²) in [6.45, 7) is 2.07. The van der Waals surface area contributed by atoms with Gasteiger partial charge in [0.2, 0.25) is 5.79 Å². The van der Waals surface area contributed by atoms with E-state index in [4.69, 9.17) is 18.9 Å². The smallest absolute Gasteiger partial charge is 0.341 e. The van der Waals surface area contributed by atoms with Crippen molar-refractivity contribution < 1.29 is 28.8 Å². The Morgan fingerprint density at radius 3 is 2.54 bits per heavy atom. The summed E-state index contributed by atoms with van der Waals surface area (Å²) in [4.78, 5) is 12.4. The molecule has 0 saturated carbocycles. The molecule has 0 amide bonds. The summed E-state index contributed by atoms with van der Waals surface area (Å²) in [6.07, 6.45) is 2.21. The van der Waals surface area contributed by atoms with E-state index in [1.807, 2.05) is 12.1 Å². The van der Waals surface area contributed by atoms with Crippen LogP contribution in [0.25, 0.3) is 0 Å². The maximum atomic E-state index is 12.4. The molecule has 0 spiro atoms. The summed E-state index contributed by atoms with van der Waals surface area (Å²) in [5.41, 5.74) is 0.274. The van der Waals surface area contributed by atoms with Gasteiger partial charge in [-0.15, -0.1) is 0 Å². The minimum atomic E-state index is -1.52. The number of rotatable bonds is 5. The number of carbonyl (C=O) groups excluding carboxylic acids is 1. The van der Waals surface area contributed by atoms with Crippen LogP contribution in [0.4, 0.5) is 0 Å². The Morgan fingerprint density at radius 1 is 1.25 bits per heavy atom. The third-order valence-electron chi connectivity index (χ3n) is 5.50. The van der Waals surface area contributed by atoms with Gasteiger partial charge >= 0.3 is 5.97 Å². The molecule has 130 valence electrons. The second-order valence-corrected chi connectivity index (χ2v) is 6.81. The predicted molar refractivity (Wildman–Crippen MR) is 84.0 cm³/mol. The first-order valence-corrected chi connectivity index (χ1v) is 8.38. The molecule has 3 heterocycles. The number of aliphatic hydroxyl groups is 1. The van der Waals surface area contributed by atoms with Gasteiger partial charge in [0.05, 0.1) is 26.2 Å². The number of methoxy groups -OCH3 is 2. The van der Waals surface area contributed by atoms with Gasteiger partial charge in [-0.2, -0.15) is 0 Å². The third-order valence-corrected chi connectivity index (χ3v) is 5.50. The van der Waals surface area contributed by atoms with Gasteiger partial charge in [0.25, 0.3) is 0 Å². The molecular formula is C18H22O6. The van der Waals surface area contributed by atoms with E-state index in [0.29, 0.717) is 17.9 Å². The lowest BCUT2D eigenvalue weighted by Gasteiger charge is -2.50. The summed E-state index contributed by atoms with van der Waals surface area (Å²) in [6, 6.07) is 3.73. The van der Waals surface area contributed by atoms with E-state index < -0.39 is 29.4 Å². The molecule has 4 bridgehead atoms. The molecule has 3 aliphatic heterocycles. The van der Waals surface area contributed by atoms with E-state index in [9.17, 15) is 9.90 Å². The first-order chi connectivity index (χ1) is 11.5. The summed E-state index contributed by atoms with van der Waals surface area (Å²) in [5, 5.41) is 11.1. The fourth-order valence-corrected chi connectivity index (χ4v) is 4.43. The molecule has 6 heteroatoms. The molecule has 5 rings (SSSR count). The molecule has 2 fully saturated rings. The summed E-state index contributed by atoms with van der Waals surface area (Å²) in [5.74, 6) is -1.00. The molecule has 1 aromatic rings. The molecule has 0 unspecified atom stereocenters. The Balaban J connectivity index is 1.89. The van der Waals surface area contributed by atoms with Gasteiger partial charge in [0.1, 0.15) is 0 Å². The van der Waals surface area contributed by atoms with Crippen LogP contribution >= 0.6 is 0 Å². The minimum Gasteiger partial charge on any atom is -0.493 e. The SMILES string of the molecule is CCCC[C@@]12OC(=O)[C@@]3(O)C[C@@H](O1)c1cc(OC)c(OC)cc1[C@@H]23. The Bertz CT molecular complexity index is 701. The van der Waals surface area contributed by atoms with Crippen LogP contribution in [0, 0.1) is 0 Å². The van der Waals surface area contributed by atoms with Crippen LogP contribution in [0.2, 0.25) is 0 Å². The van der Waals surface area contributed by atoms with Gasteiger partial charge < -0.3 is 24.1 Å².